The predicted molar refractivity (Wildman–Crippen MR) is 82.9 cm³/mol. The first-order valence-electron chi connectivity index (χ1n) is 7.50. The second-order valence-corrected chi connectivity index (χ2v) is 5.80. The maximum absolute atomic E-state index is 9.65. The summed E-state index contributed by atoms with van der Waals surface area (Å²) in [5.41, 5.74) is 3.34. The Bertz CT molecular complexity index is 627. The van der Waals surface area contributed by atoms with Crippen molar-refractivity contribution < 1.29 is 5.11 Å². The minimum atomic E-state index is -0.214. The van der Waals surface area contributed by atoms with E-state index < -0.39 is 0 Å². The highest BCUT2D eigenvalue weighted by Gasteiger charge is 2.24. The second-order valence-electron chi connectivity index (χ2n) is 5.80. The second kappa shape index (κ2) is 6.11. The van der Waals surface area contributed by atoms with Gasteiger partial charge in [-0.3, -0.25) is 0 Å². The lowest BCUT2D eigenvalue weighted by molar-refractivity contribution is 0.181. The molecule has 0 spiro atoms. The van der Waals surface area contributed by atoms with Gasteiger partial charge in [0, 0.05) is 0 Å². The molecule has 3 atom stereocenters. The maximum atomic E-state index is 9.65. The van der Waals surface area contributed by atoms with Crippen molar-refractivity contribution in [3.8, 4) is 6.07 Å². The number of aliphatic hydroxyl groups excluding tert-OH is 1. The summed E-state index contributed by atoms with van der Waals surface area (Å²) < 4.78 is 0. The zero-order valence-electron chi connectivity index (χ0n) is 11.9. The van der Waals surface area contributed by atoms with Gasteiger partial charge in [-0.2, -0.15) is 5.26 Å². The summed E-state index contributed by atoms with van der Waals surface area (Å²) in [6.07, 6.45) is 2.67. The summed E-state index contributed by atoms with van der Waals surface area (Å²) in [6.45, 7) is 0. The highest BCUT2D eigenvalue weighted by atomic mass is 16.3. The fraction of sp³-hybridized carbons (Fsp3) is 0.316. The molecule has 3 rings (SSSR count). The third-order valence-electron chi connectivity index (χ3n) is 4.41. The van der Waals surface area contributed by atoms with E-state index in [2.05, 4.69) is 30.3 Å². The Morgan fingerprint density at radius 1 is 0.952 bits per heavy atom. The maximum Gasteiger partial charge on any atom is 0.0962 e. The molecule has 1 fully saturated rings. The van der Waals surface area contributed by atoms with Crippen LogP contribution in [0.1, 0.15) is 47.8 Å². The van der Waals surface area contributed by atoms with Crippen LogP contribution in [0, 0.1) is 11.3 Å². The number of benzene rings is 2. The van der Waals surface area contributed by atoms with E-state index in [0.717, 1.165) is 30.4 Å². The first-order chi connectivity index (χ1) is 10.3. The topological polar surface area (TPSA) is 44.0 Å². The number of hydrogen-bond donors (Lipinski definition) is 1. The van der Waals surface area contributed by atoms with Crippen molar-refractivity contribution in [3.63, 3.8) is 0 Å². The fourth-order valence-corrected chi connectivity index (χ4v) is 3.21. The molecule has 0 heterocycles. The number of nitrogens with zero attached hydrogens (tertiary/aromatic N) is 1. The van der Waals surface area contributed by atoms with E-state index in [1.54, 1.807) is 0 Å². The summed E-state index contributed by atoms with van der Waals surface area (Å²) in [6, 6.07) is 20.6. The number of hydrogen-bond acceptors (Lipinski definition) is 2. The third-order valence-corrected chi connectivity index (χ3v) is 4.41. The van der Waals surface area contributed by atoms with Crippen LogP contribution in [0.4, 0.5) is 0 Å². The number of aliphatic hydroxyl groups is 1. The zero-order chi connectivity index (χ0) is 14.7. The first-order valence-corrected chi connectivity index (χ1v) is 7.50. The number of nitriles is 1. The molecule has 0 radical (unpaired) electrons. The molecule has 0 aliphatic heterocycles. The SMILES string of the molecule is N#CC(c1ccccc1)c1ccc(C2CCC(O)C2)cc1. The van der Waals surface area contributed by atoms with Crippen molar-refractivity contribution in [3.05, 3.63) is 71.3 Å². The van der Waals surface area contributed by atoms with Crippen molar-refractivity contribution in [1.29, 1.82) is 5.26 Å². The molecule has 0 saturated heterocycles. The number of rotatable bonds is 3. The van der Waals surface area contributed by atoms with Gasteiger partial charge in [0.1, 0.15) is 0 Å². The molecule has 1 aliphatic carbocycles. The quantitative estimate of drug-likeness (QED) is 0.922. The van der Waals surface area contributed by atoms with Gasteiger partial charge in [-0.1, -0.05) is 54.6 Å². The van der Waals surface area contributed by atoms with E-state index >= 15 is 0 Å². The smallest absolute Gasteiger partial charge is 0.0962 e. The Hall–Kier alpha value is -2.11. The van der Waals surface area contributed by atoms with E-state index in [-0.39, 0.29) is 12.0 Å². The van der Waals surface area contributed by atoms with E-state index in [9.17, 15) is 10.4 Å². The molecular formula is C19H19NO. The molecule has 0 aromatic heterocycles. The highest BCUT2D eigenvalue weighted by Crippen LogP contribution is 2.35. The van der Waals surface area contributed by atoms with Crippen molar-refractivity contribution in [1.82, 2.24) is 0 Å². The Kier molecular flexibility index (Phi) is 4.03. The molecule has 0 bridgehead atoms. The van der Waals surface area contributed by atoms with Crippen molar-refractivity contribution in [2.24, 2.45) is 0 Å². The molecule has 3 unspecified atom stereocenters. The van der Waals surface area contributed by atoms with Crippen LogP contribution in [0.5, 0.6) is 0 Å². The minimum Gasteiger partial charge on any atom is -0.393 e. The van der Waals surface area contributed by atoms with Gasteiger partial charge in [-0.15, -0.1) is 0 Å². The summed E-state index contributed by atoms with van der Waals surface area (Å²) in [4.78, 5) is 0. The van der Waals surface area contributed by atoms with Gasteiger partial charge >= 0.3 is 0 Å². The van der Waals surface area contributed by atoms with Gasteiger partial charge in [-0.25, -0.2) is 0 Å². The molecule has 2 heteroatoms. The lowest BCUT2D eigenvalue weighted by Gasteiger charge is -2.13. The van der Waals surface area contributed by atoms with E-state index in [1.165, 1.54) is 5.56 Å². The van der Waals surface area contributed by atoms with Crippen LogP contribution in [0.15, 0.2) is 54.6 Å². The molecule has 106 valence electrons. The van der Waals surface area contributed by atoms with Crippen molar-refractivity contribution in [2.45, 2.75) is 37.2 Å². The molecule has 21 heavy (non-hydrogen) atoms. The summed E-state index contributed by atoms with van der Waals surface area (Å²) in [5, 5.41) is 19.1. The van der Waals surface area contributed by atoms with Gasteiger partial charge in [-0.05, 0) is 41.9 Å². The molecule has 0 amide bonds. The van der Waals surface area contributed by atoms with Crippen LogP contribution in [-0.4, -0.2) is 11.2 Å². The molecule has 2 aromatic carbocycles. The molecule has 1 aliphatic rings. The average Bonchev–Trinajstić information content (AvgIpc) is 2.96. The average molecular weight is 277 g/mol. The van der Waals surface area contributed by atoms with E-state index in [0.29, 0.717) is 5.92 Å². The van der Waals surface area contributed by atoms with E-state index in [1.807, 2.05) is 30.3 Å². The summed E-state index contributed by atoms with van der Waals surface area (Å²) >= 11 is 0. The summed E-state index contributed by atoms with van der Waals surface area (Å²) in [7, 11) is 0. The van der Waals surface area contributed by atoms with Crippen molar-refractivity contribution >= 4 is 0 Å². The third kappa shape index (κ3) is 2.99. The molecule has 1 saturated carbocycles. The van der Waals surface area contributed by atoms with Gasteiger partial charge in [0.2, 0.25) is 0 Å². The first kappa shape index (κ1) is 13.9. The zero-order valence-corrected chi connectivity index (χ0v) is 11.9. The van der Waals surface area contributed by atoms with Crippen molar-refractivity contribution in [2.75, 3.05) is 0 Å². The molecule has 1 N–H and O–H groups in total. The standard InChI is InChI=1S/C19H19NO/c20-13-19(15-4-2-1-3-5-15)16-8-6-14(7-9-16)17-10-11-18(21)12-17/h1-9,17-19,21H,10-12H2. The van der Waals surface area contributed by atoms with Crippen LogP contribution in [0.2, 0.25) is 0 Å². The van der Waals surface area contributed by atoms with Crippen LogP contribution in [0.25, 0.3) is 0 Å². The van der Waals surface area contributed by atoms with Gasteiger partial charge < -0.3 is 5.11 Å². The van der Waals surface area contributed by atoms with Gasteiger partial charge in [0.25, 0.3) is 0 Å². The summed E-state index contributed by atoms with van der Waals surface area (Å²) in [5.74, 6) is 0.251. The minimum absolute atomic E-state index is 0.147. The Labute approximate surface area is 125 Å². The van der Waals surface area contributed by atoms with E-state index in [4.69, 9.17) is 0 Å². The van der Waals surface area contributed by atoms with Crippen LogP contribution in [-0.2, 0) is 0 Å². The highest BCUT2D eigenvalue weighted by molar-refractivity contribution is 5.39. The predicted octanol–water partition coefficient (Wildman–Crippen LogP) is 3.97. The van der Waals surface area contributed by atoms with Gasteiger partial charge in [0.15, 0.2) is 0 Å². The monoisotopic (exact) mass is 277 g/mol. The molecule has 2 nitrogen and oxygen atoms in total. The largest absolute Gasteiger partial charge is 0.393 e. The van der Waals surface area contributed by atoms with Gasteiger partial charge in [0.05, 0.1) is 18.1 Å². The van der Waals surface area contributed by atoms with Crippen LogP contribution in [0.3, 0.4) is 0 Å². The Morgan fingerprint density at radius 3 is 2.19 bits per heavy atom. The van der Waals surface area contributed by atoms with Crippen LogP contribution >= 0.6 is 0 Å². The van der Waals surface area contributed by atoms with Crippen LogP contribution < -0.4 is 0 Å². The lowest BCUT2D eigenvalue weighted by Crippen LogP contribution is -2.01. The Balaban J connectivity index is 1.82. The lowest BCUT2D eigenvalue weighted by atomic mass is 9.90. The molecule has 2 aromatic rings. The Morgan fingerprint density at radius 2 is 1.62 bits per heavy atom. The fourth-order valence-electron chi connectivity index (χ4n) is 3.21. The molecular weight excluding hydrogens is 258 g/mol. The normalized spacial score (nSPS) is 22.7.